The van der Waals surface area contributed by atoms with Crippen molar-refractivity contribution in [3.63, 3.8) is 0 Å². The van der Waals surface area contributed by atoms with E-state index in [1.165, 1.54) is 12.1 Å². The van der Waals surface area contributed by atoms with Gasteiger partial charge < -0.3 is 14.9 Å². The van der Waals surface area contributed by atoms with Gasteiger partial charge >= 0.3 is 0 Å². The molecule has 1 fully saturated rings. The van der Waals surface area contributed by atoms with Crippen LogP contribution < -0.4 is 4.90 Å². The molecule has 0 aromatic heterocycles. The Bertz CT molecular complexity index is 1100. The van der Waals surface area contributed by atoms with Gasteiger partial charge in [0, 0.05) is 30.8 Å². The van der Waals surface area contributed by atoms with Gasteiger partial charge in [-0.1, -0.05) is 36.4 Å². The molecule has 2 aliphatic heterocycles. The zero-order valence-electron chi connectivity index (χ0n) is 17.4. The molecule has 4 nitrogen and oxygen atoms in total. The number of likely N-dealkylation sites (tertiary alicyclic amines) is 1. The van der Waals surface area contributed by atoms with E-state index in [2.05, 4.69) is 35.2 Å². The number of halogens is 1. The minimum absolute atomic E-state index is 0.0378. The van der Waals surface area contributed by atoms with Crippen molar-refractivity contribution < 1.29 is 14.3 Å². The molecule has 3 aromatic carbocycles. The van der Waals surface area contributed by atoms with Crippen LogP contribution in [0.25, 0.3) is 11.1 Å². The number of rotatable bonds is 3. The number of carbonyl (C=O) groups is 1. The van der Waals surface area contributed by atoms with Crippen LogP contribution >= 0.6 is 0 Å². The number of nitrogens with zero attached hydrogens (tertiary/aromatic N) is 2. The van der Waals surface area contributed by atoms with Crippen LogP contribution in [-0.2, 0) is 0 Å². The molecule has 0 bridgehead atoms. The van der Waals surface area contributed by atoms with E-state index in [9.17, 15) is 14.3 Å². The van der Waals surface area contributed by atoms with Gasteiger partial charge in [-0.3, -0.25) is 4.79 Å². The van der Waals surface area contributed by atoms with Gasteiger partial charge in [0.2, 0.25) is 0 Å². The monoisotopic (exact) mass is 416 g/mol. The Labute approximate surface area is 181 Å². The topological polar surface area (TPSA) is 43.8 Å². The van der Waals surface area contributed by atoms with Gasteiger partial charge in [-0.2, -0.15) is 0 Å². The first kappa shape index (κ1) is 19.8. The first-order chi connectivity index (χ1) is 15.1. The molecule has 2 heterocycles. The SMILES string of the molecule is CN1c2ccc(-c3ccccc3)cc2[C@@H]2[C@@H](CCN2C(=O)c2ccc(F)cc2)[C@H]1CO. The molecule has 31 heavy (non-hydrogen) atoms. The van der Waals surface area contributed by atoms with E-state index in [4.69, 9.17) is 0 Å². The van der Waals surface area contributed by atoms with Gasteiger partial charge in [0.25, 0.3) is 5.91 Å². The van der Waals surface area contributed by atoms with Gasteiger partial charge in [0.05, 0.1) is 18.7 Å². The predicted octanol–water partition coefficient (Wildman–Crippen LogP) is 4.51. The lowest BCUT2D eigenvalue weighted by Crippen LogP contribution is -2.48. The number of likely N-dealkylation sites (N-methyl/N-ethyl adjacent to an activating group) is 1. The van der Waals surface area contributed by atoms with Crippen molar-refractivity contribution in [2.24, 2.45) is 5.92 Å². The highest BCUT2D eigenvalue weighted by Crippen LogP contribution is 2.49. The second kappa shape index (κ2) is 7.82. The van der Waals surface area contributed by atoms with Crippen molar-refractivity contribution in [2.75, 3.05) is 25.1 Å². The average molecular weight is 416 g/mol. The Hall–Kier alpha value is -3.18. The van der Waals surface area contributed by atoms with Crippen LogP contribution in [0.5, 0.6) is 0 Å². The molecular weight excluding hydrogens is 391 g/mol. The largest absolute Gasteiger partial charge is 0.394 e. The summed E-state index contributed by atoms with van der Waals surface area (Å²) in [7, 11) is 2.02. The number of amides is 1. The summed E-state index contributed by atoms with van der Waals surface area (Å²) in [6, 6.07) is 22.1. The standard InChI is InChI=1S/C26H25FN2O2/c1-28-23-12-9-19(17-5-3-2-4-6-17)15-22(23)25-21(24(28)16-30)13-14-29(25)26(31)18-7-10-20(27)11-8-18/h2-12,15,21,24-25,30H,13-14,16H2,1H3/t21-,24+,25-/m0/s1. The minimum Gasteiger partial charge on any atom is -0.394 e. The number of benzene rings is 3. The molecule has 0 saturated carbocycles. The third-order valence-corrected chi connectivity index (χ3v) is 6.81. The lowest BCUT2D eigenvalue weighted by Gasteiger charge is -2.44. The molecule has 1 N–H and O–H groups in total. The van der Waals surface area contributed by atoms with Crippen LogP contribution in [0.3, 0.4) is 0 Å². The van der Waals surface area contributed by atoms with E-state index in [0.717, 1.165) is 28.8 Å². The summed E-state index contributed by atoms with van der Waals surface area (Å²) in [4.78, 5) is 17.4. The van der Waals surface area contributed by atoms with Crippen molar-refractivity contribution in [3.8, 4) is 11.1 Å². The van der Waals surface area contributed by atoms with E-state index in [1.54, 1.807) is 12.1 Å². The van der Waals surface area contributed by atoms with E-state index in [0.29, 0.717) is 12.1 Å². The molecule has 0 radical (unpaired) electrons. The highest BCUT2D eigenvalue weighted by atomic mass is 19.1. The Morgan fingerprint density at radius 2 is 1.77 bits per heavy atom. The molecule has 2 aliphatic rings. The predicted molar refractivity (Wildman–Crippen MR) is 119 cm³/mol. The zero-order valence-corrected chi connectivity index (χ0v) is 17.4. The number of aliphatic hydroxyl groups excluding tert-OH is 1. The molecule has 158 valence electrons. The van der Waals surface area contributed by atoms with Crippen molar-refractivity contribution in [1.82, 2.24) is 4.90 Å². The van der Waals surface area contributed by atoms with E-state index in [-0.39, 0.29) is 36.3 Å². The Morgan fingerprint density at radius 3 is 2.48 bits per heavy atom. The lowest BCUT2D eigenvalue weighted by atomic mass is 9.81. The highest BCUT2D eigenvalue weighted by Gasteiger charge is 2.47. The number of carbonyl (C=O) groups excluding carboxylic acids is 1. The summed E-state index contributed by atoms with van der Waals surface area (Å²) < 4.78 is 13.4. The summed E-state index contributed by atoms with van der Waals surface area (Å²) in [6.07, 6.45) is 0.822. The van der Waals surface area contributed by atoms with Gasteiger partial charge in [-0.15, -0.1) is 0 Å². The first-order valence-corrected chi connectivity index (χ1v) is 10.7. The zero-order chi connectivity index (χ0) is 21.5. The summed E-state index contributed by atoms with van der Waals surface area (Å²) in [5, 5.41) is 10.2. The number of hydrogen-bond acceptors (Lipinski definition) is 3. The first-order valence-electron chi connectivity index (χ1n) is 10.7. The molecule has 5 heteroatoms. The average Bonchev–Trinajstić information content (AvgIpc) is 3.25. The molecule has 1 amide bonds. The van der Waals surface area contributed by atoms with E-state index in [1.807, 2.05) is 30.1 Å². The summed E-state index contributed by atoms with van der Waals surface area (Å²) in [5.74, 6) is -0.309. The van der Waals surface area contributed by atoms with Gasteiger partial charge in [-0.05, 0) is 59.5 Å². The Kier molecular flexibility index (Phi) is 4.98. The molecule has 0 spiro atoms. The molecular formula is C26H25FN2O2. The highest BCUT2D eigenvalue weighted by molar-refractivity contribution is 5.95. The van der Waals surface area contributed by atoms with Crippen molar-refractivity contribution in [1.29, 1.82) is 0 Å². The molecule has 1 saturated heterocycles. The number of fused-ring (bicyclic) bond motifs is 3. The molecule has 0 unspecified atom stereocenters. The lowest BCUT2D eigenvalue weighted by molar-refractivity contribution is 0.0694. The van der Waals surface area contributed by atoms with Crippen LogP contribution in [0.15, 0.2) is 72.8 Å². The van der Waals surface area contributed by atoms with E-state index < -0.39 is 0 Å². The Balaban J connectivity index is 1.60. The summed E-state index contributed by atoms with van der Waals surface area (Å²) in [6.45, 7) is 0.654. The van der Waals surface area contributed by atoms with Gasteiger partial charge in [0.1, 0.15) is 5.82 Å². The fourth-order valence-corrected chi connectivity index (χ4v) is 5.25. The fourth-order valence-electron chi connectivity index (χ4n) is 5.25. The molecule has 3 aromatic rings. The van der Waals surface area contributed by atoms with Crippen LogP contribution in [-0.4, -0.2) is 42.2 Å². The Morgan fingerprint density at radius 1 is 1.03 bits per heavy atom. The maximum absolute atomic E-state index is 13.4. The van der Waals surface area contributed by atoms with Gasteiger partial charge in [0.15, 0.2) is 0 Å². The third kappa shape index (κ3) is 3.29. The second-order valence-corrected chi connectivity index (χ2v) is 8.40. The van der Waals surface area contributed by atoms with Crippen molar-refractivity contribution >= 4 is 11.6 Å². The number of aliphatic hydroxyl groups is 1. The van der Waals surface area contributed by atoms with Crippen LogP contribution in [0.1, 0.15) is 28.4 Å². The minimum atomic E-state index is -0.353. The van der Waals surface area contributed by atoms with Crippen LogP contribution in [0.2, 0.25) is 0 Å². The van der Waals surface area contributed by atoms with Crippen LogP contribution in [0.4, 0.5) is 10.1 Å². The number of hydrogen-bond donors (Lipinski definition) is 1. The third-order valence-electron chi connectivity index (χ3n) is 6.81. The normalized spacial score (nSPS) is 22.2. The number of anilines is 1. The van der Waals surface area contributed by atoms with Crippen molar-refractivity contribution in [2.45, 2.75) is 18.5 Å². The van der Waals surface area contributed by atoms with Crippen LogP contribution in [0, 0.1) is 11.7 Å². The molecule has 3 atom stereocenters. The van der Waals surface area contributed by atoms with E-state index >= 15 is 0 Å². The molecule has 5 rings (SSSR count). The maximum Gasteiger partial charge on any atom is 0.254 e. The van der Waals surface area contributed by atoms with Gasteiger partial charge in [-0.25, -0.2) is 4.39 Å². The fraction of sp³-hybridized carbons (Fsp3) is 0.269. The second-order valence-electron chi connectivity index (χ2n) is 8.40. The summed E-state index contributed by atoms with van der Waals surface area (Å²) >= 11 is 0. The summed E-state index contributed by atoms with van der Waals surface area (Å²) in [5.41, 5.74) is 4.87. The molecule has 0 aliphatic carbocycles. The maximum atomic E-state index is 13.4. The van der Waals surface area contributed by atoms with Crippen molar-refractivity contribution in [3.05, 3.63) is 89.7 Å². The smallest absolute Gasteiger partial charge is 0.254 e. The quantitative estimate of drug-likeness (QED) is 0.683.